The van der Waals surface area contributed by atoms with Crippen LogP contribution in [0.3, 0.4) is 0 Å². The van der Waals surface area contributed by atoms with Crippen LogP contribution in [0.25, 0.3) is 11.0 Å². The van der Waals surface area contributed by atoms with Crippen LogP contribution in [0.1, 0.15) is 25.6 Å². The van der Waals surface area contributed by atoms with Gasteiger partial charge in [-0.05, 0) is 18.3 Å². The van der Waals surface area contributed by atoms with Gasteiger partial charge in [0.1, 0.15) is 5.82 Å². The van der Waals surface area contributed by atoms with Gasteiger partial charge in [-0.2, -0.15) is 0 Å². The fraction of sp³-hybridized carbons (Fsp3) is 0.500. The number of hydrogen-bond acceptors (Lipinski definition) is 2. The van der Waals surface area contributed by atoms with Crippen LogP contribution in [0.15, 0.2) is 12.1 Å². The third-order valence-corrected chi connectivity index (χ3v) is 4.10. The van der Waals surface area contributed by atoms with Gasteiger partial charge in [0.25, 0.3) is 0 Å². The van der Waals surface area contributed by atoms with Gasteiger partial charge >= 0.3 is 0 Å². The number of hydrogen-bond donors (Lipinski definition) is 0. The van der Waals surface area contributed by atoms with E-state index >= 15 is 0 Å². The molecule has 0 unspecified atom stereocenters. The molecule has 0 N–H and O–H groups in total. The summed E-state index contributed by atoms with van der Waals surface area (Å²) in [7, 11) is 1.47. The minimum atomic E-state index is -0.390. The molecular formula is C14H16ClFN2O. The Morgan fingerprint density at radius 2 is 2.21 bits per heavy atom. The minimum Gasteiger partial charge on any atom is -0.494 e. The molecule has 1 fully saturated rings. The first-order valence-electron chi connectivity index (χ1n) is 6.35. The van der Waals surface area contributed by atoms with E-state index in [2.05, 4.69) is 16.5 Å². The van der Waals surface area contributed by atoms with Gasteiger partial charge in [-0.25, -0.2) is 9.37 Å². The Morgan fingerprint density at radius 1 is 1.47 bits per heavy atom. The van der Waals surface area contributed by atoms with Crippen molar-refractivity contribution in [2.45, 2.75) is 32.2 Å². The Bertz CT molecular complexity index is 634. The van der Waals surface area contributed by atoms with Crippen LogP contribution in [0.5, 0.6) is 5.75 Å². The SMILES string of the molecule is COc1cc2c(cc1F)nc(CCl)n2CC1(C)CC1. The smallest absolute Gasteiger partial charge is 0.167 e. The van der Waals surface area contributed by atoms with Crippen LogP contribution in [0, 0.1) is 11.2 Å². The molecule has 1 aromatic carbocycles. The molecule has 19 heavy (non-hydrogen) atoms. The maximum absolute atomic E-state index is 13.7. The molecule has 0 spiro atoms. The molecule has 0 atom stereocenters. The number of imidazole rings is 1. The fourth-order valence-electron chi connectivity index (χ4n) is 2.36. The molecule has 0 saturated heterocycles. The first-order chi connectivity index (χ1) is 9.06. The summed E-state index contributed by atoms with van der Waals surface area (Å²) in [6.07, 6.45) is 2.43. The normalized spacial score (nSPS) is 16.8. The Balaban J connectivity index is 2.16. The molecule has 1 heterocycles. The first-order valence-corrected chi connectivity index (χ1v) is 6.88. The summed E-state index contributed by atoms with van der Waals surface area (Å²) in [5, 5.41) is 0. The average molecular weight is 283 g/mol. The first kappa shape index (κ1) is 12.7. The lowest BCUT2D eigenvalue weighted by atomic mass is 10.1. The predicted octanol–water partition coefficient (Wildman–Crippen LogP) is 3.72. The third-order valence-electron chi connectivity index (χ3n) is 3.86. The highest BCUT2D eigenvalue weighted by Crippen LogP contribution is 2.47. The van der Waals surface area contributed by atoms with Gasteiger partial charge in [0.05, 0.1) is 24.0 Å². The van der Waals surface area contributed by atoms with E-state index in [-0.39, 0.29) is 5.75 Å². The van der Waals surface area contributed by atoms with Crippen LogP contribution >= 0.6 is 11.6 Å². The highest BCUT2D eigenvalue weighted by Gasteiger charge is 2.38. The number of methoxy groups -OCH3 is 1. The average Bonchev–Trinajstić information content (AvgIpc) is 3.02. The quantitative estimate of drug-likeness (QED) is 0.799. The lowest BCUT2D eigenvalue weighted by molar-refractivity contribution is 0.387. The van der Waals surface area contributed by atoms with Gasteiger partial charge in [0, 0.05) is 18.7 Å². The molecule has 102 valence electrons. The lowest BCUT2D eigenvalue weighted by Crippen LogP contribution is -2.10. The highest BCUT2D eigenvalue weighted by atomic mass is 35.5. The monoisotopic (exact) mass is 282 g/mol. The van der Waals surface area contributed by atoms with E-state index in [0.29, 0.717) is 16.8 Å². The molecule has 3 nitrogen and oxygen atoms in total. The lowest BCUT2D eigenvalue weighted by Gasteiger charge is -2.13. The zero-order valence-electron chi connectivity index (χ0n) is 11.0. The topological polar surface area (TPSA) is 27.1 Å². The van der Waals surface area contributed by atoms with Crippen molar-refractivity contribution in [3.8, 4) is 5.75 Å². The van der Waals surface area contributed by atoms with Crippen molar-refractivity contribution in [2.75, 3.05) is 7.11 Å². The number of rotatable bonds is 4. The van der Waals surface area contributed by atoms with Gasteiger partial charge in [-0.15, -0.1) is 11.6 Å². The van der Waals surface area contributed by atoms with E-state index in [1.165, 1.54) is 26.0 Å². The zero-order valence-corrected chi connectivity index (χ0v) is 11.8. The Hall–Kier alpha value is -1.29. The van der Waals surface area contributed by atoms with Gasteiger partial charge in [-0.3, -0.25) is 0 Å². The van der Waals surface area contributed by atoms with Gasteiger partial charge in [0.2, 0.25) is 0 Å². The number of benzene rings is 1. The Morgan fingerprint density at radius 3 is 2.79 bits per heavy atom. The minimum absolute atomic E-state index is 0.246. The summed E-state index contributed by atoms with van der Waals surface area (Å²) in [6, 6.07) is 3.12. The van der Waals surface area contributed by atoms with Gasteiger partial charge in [-0.1, -0.05) is 6.92 Å². The molecule has 1 aliphatic rings. The molecule has 5 heteroatoms. The summed E-state index contributed by atoms with van der Waals surface area (Å²) in [6.45, 7) is 3.12. The Kier molecular flexibility index (Phi) is 2.93. The van der Waals surface area contributed by atoms with Crippen LogP contribution in [0.4, 0.5) is 4.39 Å². The summed E-state index contributed by atoms with van der Waals surface area (Å²) in [5.41, 5.74) is 1.86. The summed E-state index contributed by atoms with van der Waals surface area (Å²) in [4.78, 5) is 4.41. The van der Waals surface area contributed by atoms with Crippen molar-refractivity contribution in [2.24, 2.45) is 5.41 Å². The van der Waals surface area contributed by atoms with Crippen LogP contribution < -0.4 is 4.74 Å². The fourth-order valence-corrected chi connectivity index (χ4v) is 2.57. The predicted molar refractivity (Wildman–Crippen MR) is 73.1 cm³/mol. The third kappa shape index (κ3) is 2.18. The number of aromatic nitrogens is 2. The standard InChI is InChI=1S/C14H16ClFN2O/c1-14(3-4-14)8-18-11-6-12(19-2)9(16)5-10(11)17-13(18)7-15/h5-6H,3-4,7-8H2,1-2H3. The molecule has 2 aromatic rings. The Labute approximate surface area is 116 Å². The van der Waals surface area contributed by atoms with Crippen molar-refractivity contribution in [1.29, 1.82) is 0 Å². The number of halogens is 2. The van der Waals surface area contributed by atoms with Crippen LogP contribution in [-0.4, -0.2) is 16.7 Å². The second-order valence-corrected chi connectivity index (χ2v) is 5.80. The van der Waals surface area contributed by atoms with Crippen LogP contribution in [-0.2, 0) is 12.4 Å². The van der Waals surface area contributed by atoms with Crippen molar-refractivity contribution in [3.05, 3.63) is 23.8 Å². The van der Waals surface area contributed by atoms with E-state index in [0.717, 1.165) is 17.9 Å². The van der Waals surface area contributed by atoms with Crippen molar-refractivity contribution < 1.29 is 9.13 Å². The molecule has 1 saturated carbocycles. The molecule has 1 aromatic heterocycles. The maximum atomic E-state index is 13.7. The van der Waals surface area contributed by atoms with Crippen LogP contribution in [0.2, 0.25) is 0 Å². The number of alkyl halides is 1. The van der Waals surface area contributed by atoms with E-state index in [1.54, 1.807) is 6.07 Å². The molecule has 0 aliphatic heterocycles. The van der Waals surface area contributed by atoms with Crippen molar-refractivity contribution in [3.63, 3.8) is 0 Å². The number of ether oxygens (including phenoxy) is 1. The van der Waals surface area contributed by atoms with E-state index in [9.17, 15) is 4.39 Å². The molecule has 0 amide bonds. The molecular weight excluding hydrogens is 267 g/mol. The second kappa shape index (κ2) is 4.37. The van der Waals surface area contributed by atoms with E-state index < -0.39 is 5.82 Å². The molecule has 1 aliphatic carbocycles. The van der Waals surface area contributed by atoms with Crippen molar-refractivity contribution in [1.82, 2.24) is 9.55 Å². The van der Waals surface area contributed by atoms with Gasteiger partial charge < -0.3 is 9.30 Å². The number of fused-ring (bicyclic) bond motifs is 1. The van der Waals surface area contributed by atoms with Crippen molar-refractivity contribution >= 4 is 22.6 Å². The highest BCUT2D eigenvalue weighted by molar-refractivity contribution is 6.16. The summed E-state index contributed by atoms with van der Waals surface area (Å²) >= 11 is 5.96. The maximum Gasteiger partial charge on any atom is 0.167 e. The molecule has 0 radical (unpaired) electrons. The second-order valence-electron chi connectivity index (χ2n) is 5.53. The largest absolute Gasteiger partial charge is 0.494 e. The zero-order chi connectivity index (χ0) is 13.6. The van der Waals surface area contributed by atoms with E-state index in [4.69, 9.17) is 16.3 Å². The summed E-state index contributed by atoms with van der Waals surface area (Å²) in [5.74, 6) is 0.973. The molecule has 3 rings (SSSR count). The van der Waals surface area contributed by atoms with Gasteiger partial charge in [0.15, 0.2) is 11.6 Å². The van der Waals surface area contributed by atoms with E-state index in [1.807, 2.05) is 0 Å². The summed E-state index contributed by atoms with van der Waals surface area (Å²) < 4.78 is 20.8. The number of nitrogens with zero attached hydrogens (tertiary/aromatic N) is 2. The molecule has 0 bridgehead atoms.